The Morgan fingerprint density at radius 2 is 1.94 bits per heavy atom. The van der Waals surface area contributed by atoms with Crippen molar-refractivity contribution in [2.45, 2.75) is 38.8 Å². The zero-order chi connectivity index (χ0) is 22.0. The van der Waals surface area contributed by atoms with Gasteiger partial charge in [0.15, 0.2) is 23.2 Å². The van der Waals surface area contributed by atoms with Crippen LogP contribution in [0.4, 0.5) is 16.0 Å². The van der Waals surface area contributed by atoms with Crippen molar-refractivity contribution in [3.63, 3.8) is 0 Å². The van der Waals surface area contributed by atoms with Crippen molar-refractivity contribution in [1.82, 2.24) is 9.97 Å². The van der Waals surface area contributed by atoms with Crippen molar-refractivity contribution in [3.8, 4) is 11.8 Å². The van der Waals surface area contributed by atoms with E-state index in [0.717, 1.165) is 30.0 Å². The SMILES string of the molecule is CC(C)Nc1nc2ccc(C#N)cc2nc1N1CCC(Oc2ccc(Cl)cc2F)CC1. The molecule has 1 fully saturated rings. The van der Waals surface area contributed by atoms with Crippen LogP contribution in [0.3, 0.4) is 0 Å². The van der Waals surface area contributed by atoms with E-state index in [1.54, 1.807) is 24.3 Å². The topological polar surface area (TPSA) is 74.1 Å². The van der Waals surface area contributed by atoms with Gasteiger partial charge in [-0.05, 0) is 50.2 Å². The van der Waals surface area contributed by atoms with Gasteiger partial charge in [-0.1, -0.05) is 11.6 Å². The number of hydrogen-bond donors (Lipinski definition) is 1. The molecule has 1 saturated heterocycles. The third-order valence-electron chi connectivity index (χ3n) is 5.13. The highest BCUT2D eigenvalue weighted by Gasteiger charge is 2.25. The van der Waals surface area contributed by atoms with Crippen molar-refractivity contribution in [2.24, 2.45) is 0 Å². The molecule has 3 aromatic rings. The van der Waals surface area contributed by atoms with Crippen molar-refractivity contribution < 1.29 is 9.13 Å². The summed E-state index contributed by atoms with van der Waals surface area (Å²) in [6.07, 6.45) is 1.36. The zero-order valence-electron chi connectivity index (χ0n) is 17.4. The molecule has 0 radical (unpaired) electrons. The maximum atomic E-state index is 14.1. The second kappa shape index (κ2) is 8.94. The molecule has 0 bridgehead atoms. The van der Waals surface area contributed by atoms with E-state index in [1.165, 1.54) is 6.07 Å². The summed E-state index contributed by atoms with van der Waals surface area (Å²) >= 11 is 5.82. The number of aromatic nitrogens is 2. The summed E-state index contributed by atoms with van der Waals surface area (Å²) in [6, 6.07) is 12.1. The van der Waals surface area contributed by atoms with E-state index in [2.05, 4.69) is 30.1 Å². The van der Waals surface area contributed by atoms with Gasteiger partial charge in [-0.3, -0.25) is 0 Å². The third kappa shape index (κ3) is 4.80. The van der Waals surface area contributed by atoms with Gasteiger partial charge in [0, 0.05) is 37.0 Å². The summed E-state index contributed by atoms with van der Waals surface area (Å²) in [7, 11) is 0. The van der Waals surface area contributed by atoms with Crippen molar-refractivity contribution >= 4 is 34.3 Å². The molecule has 2 heterocycles. The zero-order valence-corrected chi connectivity index (χ0v) is 18.2. The lowest BCUT2D eigenvalue weighted by Crippen LogP contribution is -2.39. The first-order valence-electron chi connectivity index (χ1n) is 10.3. The van der Waals surface area contributed by atoms with Crippen molar-refractivity contribution in [2.75, 3.05) is 23.3 Å². The van der Waals surface area contributed by atoms with Crippen LogP contribution in [0.25, 0.3) is 11.0 Å². The molecule has 0 aliphatic carbocycles. The molecule has 0 unspecified atom stereocenters. The maximum absolute atomic E-state index is 14.1. The highest BCUT2D eigenvalue weighted by Crippen LogP contribution is 2.30. The molecule has 2 aromatic carbocycles. The summed E-state index contributed by atoms with van der Waals surface area (Å²) in [5.74, 6) is 1.24. The van der Waals surface area contributed by atoms with E-state index in [9.17, 15) is 9.65 Å². The van der Waals surface area contributed by atoms with Gasteiger partial charge in [-0.2, -0.15) is 5.26 Å². The Balaban J connectivity index is 1.54. The normalized spacial score (nSPS) is 14.6. The molecule has 0 spiro atoms. The molecule has 6 nitrogen and oxygen atoms in total. The van der Waals surface area contributed by atoms with Gasteiger partial charge in [-0.25, -0.2) is 14.4 Å². The molecule has 0 amide bonds. The fraction of sp³-hybridized carbons (Fsp3) is 0.348. The fourth-order valence-corrected chi connectivity index (χ4v) is 3.80. The minimum absolute atomic E-state index is 0.0907. The maximum Gasteiger partial charge on any atom is 0.172 e. The molecule has 4 rings (SSSR count). The summed E-state index contributed by atoms with van der Waals surface area (Å²) in [6.45, 7) is 5.50. The van der Waals surface area contributed by atoms with Crippen LogP contribution in [0.2, 0.25) is 5.02 Å². The molecule has 160 valence electrons. The monoisotopic (exact) mass is 439 g/mol. The van der Waals surface area contributed by atoms with E-state index in [1.807, 2.05) is 6.07 Å². The van der Waals surface area contributed by atoms with Crippen LogP contribution in [0.5, 0.6) is 5.75 Å². The minimum atomic E-state index is -0.452. The van der Waals surface area contributed by atoms with Crippen LogP contribution in [-0.2, 0) is 0 Å². The first-order chi connectivity index (χ1) is 14.9. The van der Waals surface area contributed by atoms with E-state index < -0.39 is 5.82 Å². The first-order valence-corrected chi connectivity index (χ1v) is 10.7. The lowest BCUT2D eigenvalue weighted by Gasteiger charge is -2.34. The molecule has 31 heavy (non-hydrogen) atoms. The minimum Gasteiger partial charge on any atom is -0.487 e. The number of rotatable bonds is 5. The van der Waals surface area contributed by atoms with Gasteiger partial charge < -0.3 is 15.0 Å². The number of benzene rings is 2. The number of nitriles is 1. The van der Waals surface area contributed by atoms with Crippen molar-refractivity contribution in [3.05, 3.63) is 52.8 Å². The molecule has 1 aromatic heterocycles. The lowest BCUT2D eigenvalue weighted by molar-refractivity contribution is 0.163. The van der Waals surface area contributed by atoms with Gasteiger partial charge in [0.05, 0.1) is 22.7 Å². The van der Waals surface area contributed by atoms with Crippen LogP contribution < -0.4 is 15.0 Å². The summed E-state index contributed by atoms with van der Waals surface area (Å²) in [4.78, 5) is 11.7. The molecule has 1 aliphatic rings. The fourth-order valence-electron chi connectivity index (χ4n) is 3.64. The Morgan fingerprint density at radius 1 is 1.16 bits per heavy atom. The molecule has 0 atom stereocenters. The highest BCUT2D eigenvalue weighted by atomic mass is 35.5. The van der Waals surface area contributed by atoms with E-state index in [-0.39, 0.29) is 17.9 Å². The average Bonchev–Trinajstić information content (AvgIpc) is 2.75. The van der Waals surface area contributed by atoms with Crippen LogP contribution >= 0.6 is 11.6 Å². The standard InChI is InChI=1S/C23H23ClFN5O/c1-14(2)27-22-23(29-20-11-15(13-26)3-5-19(20)28-22)30-9-7-17(8-10-30)31-21-6-4-16(24)12-18(21)25/h3-6,11-12,14,17H,7-10H2,1-2H3,(H,27,28). The number of fused-ring (bicyclic) bond motifs is 1. The second-order valence-electron chi connectivity index (χ2n) is 7.89. The predicted octanol–water partition coefficient (Wildman–Crippen LogP) is 5.16. The number of anilines is 2. The Morgan fingerprint density at radius 3 is 2.61 bits per heavy atom. The van der Waals surface area contributed by atoms with Crippen LogP contribution in [0, 0.1) is 17.1 Å². The molecular weight excluding hydrogens is 417 g/mol. The lowest BCUT2D eigenvalue weighted by atomic mass is 10.1. The quantitative estimate of drug-likeness (QED) is 0.591. The molecule has 1 N–H and O–H groups in total. The third-order valence-corrected chi connectivity index (χ3v) is 5.36. The number of hydrogen-bond acceptors (Lipinski definition) is 6. The Bertz CT molecular complexity index is 1140. The Hall–Kier alpha value is -3.11. The number of halogens is 2. The van der Waals surface area contributed by atoms with Crippen LogP contribution in [-0.4, -0.2) is 35.2 Å². The van der Waals surface area contributed by atoms with Gasteiger partial charge in [0.25, 0.3) is 0 Å². The smallest absolute Gasteiger partial charge is 0.172 e. The molecular formula is C23H23ClFN5O. The molecule has 0 saturated carbocycles. The first kappa shape index (κ1) is 21.1. The predicted molar refractivity (Wildman–Crippen MR) is 120 cm³/mol. The largest absolute Gasteiger partial charge is 0.487 e. The summed E-state index contributed by atoms with van der Waals surface area (Å²) in [5, 5.41) is 12.9. The number of piperidine rings is 1. The number of nitrogens with one attached hydrogen (secondary N) is 1. The van der Waals surface area contributed by atoms with Gasteiger partial charge in [0.1, 0.15) is 6.10 Å². The van der Waals surface area contributed by atoms with E-state index in [0.29, 0.717) is 29.2 Å². The van der Waals surface area contributed by atoms with E-state index >= 15 is 0 Å². The van der Waals surface area contributed by atoms with Crippen LogP contribution in [0.15, 0.2) is 36.4 Å². The molecule has 8 heteroatoms. The number of ether oxygens (including phenoxy) is 1. The van der Waals surface area contributed by atoms with Crippen LogP contribution in [0.1, 0.15) is 32.3 Å². The van der Waals surface area contributed by atoms with E-state index in [4.69, 9.17) is 26.3 Å². The second-order valence-corrected chi connectivity index (χ2v) is 8.33. The van der Waals surface area contributed by atoms with Gasteiger partial charge >= 0.3 is 0 Å². The Labute approximate surface area is 185 Å². The Kier molecular flexibility index (Phi) is 6.10. The number of nitrogens with zero attached hydrogens (tertiary/aromatic N) is 4. The van der Waals surface area contributed by atoms with Crippen molar-refractivity contribution in [1.29, 1.82) is 5.26 Å². The highest BCUT2D eigenvalue weighted by molar-refractivity contribution is 6.30. The molecule has 1 aliphatic heterocycles. The van der Waals surface area contributed by atoms with Gasteiger partial charge in [-0.15, -0.1) is 0 Å². The average molecular weight is 440 g/mol. The van der Waals surface area contributed by atoms with Gasteiger partial charge in [0.2, 0.25) is 0 Å². The summed E-state index contributed by atoms with van der Waals surface area (Å²) in [5.41, 5.74) is 1.97. The summed E-state index contributed by atoms with van der Waals surface area (Å²) < 4.78 is 19.9.